The molecule has 2 aromatic carbocycles. The van der Waals surface area contributed by atoms with Crippen molar-refractivity contribution in [2.75, 3.05) is 81.4 Å². The molecule has 6 rings (SSSR count). The first-order chi connectivity index (χ1) is 20.2. The molecule has 3 fully saturated rings. The van der Waals surface area contributed by atoms with Crippen LogP contribution in [0.4, 0.5) is 23.0 Å². The predicted molar refractivity (Wildman–Crippen MR) is 161 cm³/mol. The number of methoxy groups -OCH3 is 1. The van der Waals surface area contributed by atoms with Crippen molar-refractivity contribution in [1.29, 1.82) is 0 Å². The standard InChI is InChI=1S/C31H41N7O3/c1-40-29-21-25(7-8-28(29)37-12-9-26(10-13-37)36-16-14-35(15-17-36)18-19-39)34-30-22-31(33-23-32-30)38-27(11-20-41-38)24-5-3-2-4-6-24/h2-8,21-23,26-27,39H,9-20H2,1H3,(H,32,33,34). The molecule has 3 aliphatic heterocycles. The van der Waals surface area contributed by atoms with Gasteiger partial charge in [0.25, 0.3) is 0 Å². The summed E-state index contributed by atoms with van der Waals surface area (Å²) < 4.78 is 5.84. The molecule has 3 aromatic rings. The van der Waals surface area contributed by atoms with Crippen molar-refractivity contribution in [3.8, 4) is 5.75 Å². The molecule has 0 aliphatic carbocycles. The van der Waals surface area contributed by atoms with E-state index in [0.29, 0.717) is 18.5 Å². The van der Waals surface area contributed by atoms with E-state index in [4.69, 9.17) is 9.57 Å². The summed E-state index contributed by atoms with van der Waals surface area (Å²) in [6.07, 6.45) is 4.78. The molecule has 0 saturated carbocycles. The van der Waals surface area contributed by atoms with Crippen molar-refractivity contribution in [3.63, 3.8) is 0 Å². The van der Waals surface area contributed by atoms with Crippen molar-refractivity contribution in [1.82, 2.24) is 19.8 Å². The average Bonchev–Trinajstić information content (AvgIpc) is 3.53. The van der Waals surface area contributed by atoms with E-state index in [-0.39, 0.29) is 12.6 Å². The van der Waals surface area contributed by atoms with Crippen LogP contribution in [0.25, 0.3) is 0 Å². The highest BCUT2D eigenvalue weighted by molar-refractivity contribution is 5.69. The number of nitrogens with one attached hydrogen (secondary N) is 1. The molecule has 1 unspecified atom stereocenters. The Labute approximate surface area is 242 Å². The maximum Gasteiger partial charge on any atom is 0.158 e. The van der Waals surface area contributed by atoms with Gasteiger partial charge in [-0.3, -0.25) is 14.6 Å². The van der Waals surface area contributed by atoms with Crippen molar-refractivity contribution in [2.45, 2.75) is 31.3 Å². The van der Waals surface area contributed by atoms with Crippen molar-refractivity contribution >= 4 is 23.0 Å². The number of anilines is 4. The number of hydrogen-bond acceptors (Lipinski definition) is 10. The van der Waals surface area contributed by atoms with Gasteiger partial charge in [-0.2, -0.15) is 0 Å². The van der Waals surface area contributed by atoms with E-state index in [1.165, 1.54) is 5.56 Å². The van der Waals surface area contributed by atoms with Crippen molar-refractivity contribution < 1.29 is 14.7 Å². The van der Waals surface area contributed by atoms with E-state index in [0.717, 1.165) is 88.0 Å². The molecule has 4 heterocycles. The van der Waals surface area contributed by atoms with Gasteiger partial charge in [0.1, 0.15) is 17.9 Å². The lowest BCUT2D eigenvalue weighted by Crippen LogP contribution is -2.53. The quantitative estimate of drug-likeness (QED) is 0.405. The number of aliphatic hydroxyl groups excluding tert-OH is 1. The lowest BCUT2D eigenvalue weighted by Gasteiger charge is -2.43. The van der Waals surface area contributed by atoms with Gasteiger partial charge in [0.15, 0.2) is 5.82 Å². The molecule has 3 aliphatic rings. The van der Waals surface area contributed by atoms with Crippen LogP contribution in [0.1, 0.15) is 30.9 Å². The summed E-state index contributed by atoms with van der Waals surface area (Å²) in [5.41, 5.74) is 3.25. The van der Waals surface area contributed by atoms with E-state index in [9.17, 15) is 5.11 Å². The van der Waals surface area contributed by atoms with Crippen LogP contribution < -0.4 is 20.0 Å². The first-order valence-electron chi connectivity index (χ1n) is 14.8. The number of aliphatic hydroxyl groups is 1. The summed E-state index contributed by atoms with van der Waals surface area (Å²) in [7, 11) is 1.73. The highest BCUT2D eigenvalue weighted by Crippen LogP contribution is 2.36. The lowest BCUT2D eigenvalue weighted by molar-refractivity contribution is 0.0746. The number of benzene rings is 2. The SMILES string of the molecule is COc1cc(Nc2cc(N3OCCC3c3ccccc3)ncn2)ccc1N1CCC(N2CCN(CCO)CC2)CC1. The van der Waals surface area contributed by atoms with Gasteiger partial charge in [0.05, 0.1) is 32.1 Å². The Balaban J connectivity index is 1.08. The van der Waals surface area contributed by atoms with Crippen LogP contribution in [0, 0.1) is 0 Å². The smallest absolute Gasteiger partial charge is 0.158 e. The first kappa shape index (κ1) is 27.7. The molecule has 0 amide bonds. The Bertz CT molecular complexity index is 1260. The average molecular weight is 560 g/mol. The number of ether oxygens (including phenoxy) is 1. The zero-order chi connectivity index (χ0) is 28.0. The summed E-state index contributed by atoms with van der Waals surface area (Å²) in [4.78, 5) is 22.4. The molecule has 10 heteroatoms. The highest BCUT2D eigenvalue weighted by Gasteiger charge is 2.30. The molecule has 1 aromatic heterocycles. The maximum atomic E-state index is 9.21. The van der Waals surface area contributed by atoms with Gasteiger partial charge in [-0.05, 0) is 30.5 Å². The number of hydroxylamine groups is 1. The summed E-state index contributed by atoms with van der Waals surface area (Å²) >= 11 is 0. The van der Waals surface area contributed by atoms with Gasteiger partial charge in [-0.15, -0.1) is 0 Å². The van der Waals surface area contributed by atoms with Gasteiger partial charge < -0.3 is 20.1 Å². The summed E-state index contributed by atoms with van der Waals surface area (Å²) in [5.74, 6) is 2.29. The van der Waals surface area contributed by atoms with Gasteiger partial charge in [0.2, 0.25) is 0 Å². The second-order valence-corrected chi connectivity index (χ2v) is 11.0. The minimum Gasteiger partial charge on any atom is -0.495 e. The molecule has 0 bridgehead atoms. The monoisotopic (exact) mass is 559 g/mol. The fraction of sp³-hybridized carbons (Fsp3) is 0.484. The lowest BCUT2D eigenvalue weighted by atomic mass is 10.0. The molecule has 2 N–H and O–H groups in total. The van der Waals surface area contributed by atoms with Crippen LogP contribution in [0.15, 0.2) is 60.9 Å². The number of hydrogen-bond donors (Lipinski definition) is 2. The second kappa shape index (κ2) is 13.0. The highest BCUT2D eigenvalue weighted by atomic mass is 16.7. The molecule has 10 nitrogen and oxygen atoms in total. The molecule has 41 heavy (non-hydrogen) atoms. The maximum absolute atomic E-state index is 9.21. The van der Waals surface area contributed by atoms with Gasteiger partial charge in [-0.25, -0.2) is 15.0 Å². The number of piperazine rings is 1. The Morgan fingerprint density at radius 3 is 2.51 bits per heavy atom. The summed E-state index contributed by atoms with van der Waals surface area (Å²) in [6.45, 7) is 8.01. The fourth-order valence-electron chi connectivity index (χ4n) is 6.34. The van der Waals surface area contributed by atoms with Crippen LogP contribution in [0.3, 0.4) is 0 Å². The van der Waals surface area contributed by atoms with Crippen molar-refractivity contribution in [2.24, 2.45) is 0 Å². The van der Waals surface area contributed by atoms with Crippen LogP contribution in [0.2, 0.25) is 0 Å². The predicted octanol–water partition coefficient (Wildman–Crippen LogP) is 3.69. The Morgan fingerprint density at radius 2 is 1.76 bits per heavy atom. The minimum atomic E-state index is 0.123. The van der Waals surface area contributed by atoms with Crippen LogP contribution in [0.5, 0.6) is 5.75 Å². The zero-order valence-electron chi connectivity index (χ0n) is 23.9. The Kier molecular flexibility index (Phi) is 8.81. The van der Waals surface area contributed by atoms with Crippen LogP contribution in [-0.4, -0.2) is 97.1 Å². The summed E-state index contributed by atoms with van der Waals surface area (Å²) in [6, 6.07) is 19.4. The molecular weight excluding hydrogens is 518 g/mol. The number of nitrogens with zero attached hydrogens (tertiary/aromatic N) is 6. The first-order valence-corrected chi connectivity index (χ1v) is 14.8. The third kappa shape index (κ3) is 6.41. The van der Waals surface area contributed by atoms with Gasteiger partial charge in [-0.1, -0.05) is 30.3 Å². The summed E-state index contributed by atoms with van der Waals surface area (Å²) in [5, 5.41) is 14.5. The number of rotatable bonds is 9. The zero-order valence-corrected chi connectivity index (χ0v) is 23.9. The van der Waals surface area contributed by atoms with Crippen LogP contribution in [-0.2, 0) is 4.84 Å². The van der Waals surface area contributed by atoms with E-state index in [2.05, 4.69) is 66.4 Å². The third-order valence-electron chi connectivity index (χ3n) is 8.56. The van der Waals surface area contributed by atoms with E-state index < -0.39 is 0 Å². The number of β-amino-alcohol motifs (C(OH)–C–C–N with tert-alkyl or cyclic N) is 1. The molecule has 3 saturated heterocycles. The van der Waals surface area contributed by atoms with E-state index in [1.807, 2.05) is 23.3 Å². The minimum absolute atomic E-state index is 0.123. The molecule has 0 spiro atoms. The second-order valence-electron chi connectivity index (χ2n) is 11.0. The largest absolute Gasteiger partial charge is 0.495 e. The van der Waals surface area contributed by atoms with E-state index in [1.54, 1.807) is 13.4 Å². The Hall–Kier alpha value is -3.44. The van der Waals surface area contributed by atoms with Gasteiger partial charge >= 0.3 is 0 Å². The van der Waals surface area contributed by atoms with Gasteiger partial charge in [0, 0.05) is 76.1 Å². The fourth-order valence-corrected chi connectivity index (χ4v) is 6.34. The third-order valence-corrected chi connectivity index (χ3v) is 8.56. The number of piperidine rings is 1. The van der Waals surface area contributed by atoms with Crippen LogP contribution >= 0.6 is 0 Å². The Morgan fingerprint density at radius 1 is 0.951 bits per heavy atom. The van der Waals surface area contributed by atoms with E-state index >= 15 is 0 Å². The normalized spacial score (nSPS) is 20.9. The molecule has 1 atom stereocenters. The topological polar surface area (TPSA) is 89.5 Å². The van der Waals surface area contributed by atoms with Crippen molar-refractivity contribution in [3.05, 3.63) is 66.5 Å². The molecule has 0 radical (unpaired) electrons. The molecule has 218 valence electrons. The molecular formula is C31H41N7O3. The number of aromatic nitrogens is 2.